The average Bonchev–Trinajstić information content (AvgIpc) is 3.46. The van der Waals surface area contributed by atoms with Gasteiger partial charge in [-0.15, -0.1) is 0 Å². The molecule has 1 aliphatic rings. The average molecular weight is 532 g/mol. The number of hydrogen-bond donors (Lipinski definition) is 0. The molecule has 2 aromatic heterocycles. The molecule has 0 bridgehead atoms. The zero-order valence-electron chi connectivity index (χ0n) is 23.3. The first-order chi connectivity index (χ1) is 19.5. The third-order valence-corrected chi connectivity index (χ3v) is 7.91. The number of hydrogen-bond acceptors (Lipinski definition) is 5. The second-order valence-corrected chi connectivity index (χ2v) is 9.92. The van der Waals surface area contributed by atoms with Gasteiger partial charge in [0.15, 0.2) is 11.3 Å². The fourth-order valence-electron chi connectivity index (χ4n) is 6.16. The maximum absolute atomic E-state index is 13.6. The molecule has 3 heterocycles. The van der Waals surface area contributed by atoms with Crippen LogP contribution in [0, 0.1) is 0 Å². The molecule has 0 saturated carbocycles. The first-order valence-electron chi connectivity index (χ1n) is 13.9. The van der Waals surface area contributed by atoms with Crippen molar-refractivity contribution in [2.75, 3.05) is 24.6 Å². The minimum absolute atomic E-state index is 0.324. The van der Waals surface area contributed by atoms with Gasteiger partial charge >= 0.3 is 5.97 Å². The molecule has 0 radical (unpaired) electrons. The van der Waals surface area contributed by atoms with E-state index in [-0.39, 0.29) is 0 Å². The number of carbonyl (C=O) groups is 1. The fourth-order valence-corrected chi connectivity index (χ4v) is 6.16. The van der Waals surface area contributed by atoms with Crippen molar-refractivity contribution >= 4 is 22.6 Å². The molecule has 1 aliphatic heterocycles. The van der Waals surface area contributed by atoms with E-state index in [9.17, 15) is 4.79 Å². The van der Waals surface area contributed by atoms with Crippen molar-refractivity contribution in [3.05, 3.63) is 114 Å². The number of esters is 1. The quantitative estimate of drug-likeness (QED) is 0.203. The van der Waals surface area contributed by atoms with Gasteiger partial charge in [0.1, 0.15) is 5.75 Å². The highest BCUT2D eigenvalue weighted by atomic mass is 16.6. The van der Waals surface area contributed by atoms with Crippen molar-refractivity contribution in [1.29, 1.82) is 0 Å². The van der Waals surface area contributed by atoms with E-state index in [1.54, 1.807) is 6.20 Å². The molecule has 6 rings (SSSR count). The van der Waals surface area contributed by atoms with Crippen molar-refractivity contribution in [1.82, 2.24) is 9.55 Å². The molecule has 0 spiro atoms. The predicted octanol–water partition coefficient (Wildman–Crippen LogP) is 6.95. The maximum atomic E-state index is 13.6. The Morgan fingerprint density at radius 2 is 1.65 bits per heavy atom. The van der Waals surface area contributed by atoms with Gasteiger partial charge in [0.05, 0.1) is 12.3 Å². The van der Waals surface area contributed by atoms with E-state index < -0.39 is 11.6 Å². The number of carbonyl (C=O) groups excluding carboxylic acids is 1. The van der Waals surface area contributed by atoms with Gasteiger partial charge in [0, 0.05) is 65.7 Å². The van der Waals surface area contributed by atoms with Crippen molar-refractivity contribution < 1.29 is 14.3 Å². The van der Waals surface area contributed by atoms with E-state index in [0.717, 1.165) is 52.1 Å². The van der Waals surface area contributed by atoms with E-state index in [4.69, 9.17) is 9.47 Å². The highest BCUT2D eigenvalue weighted by Crippen LogP contribution is 2.54. The summed E-state index contributed by atoms with van der Waals surface area (Å²) in [7, 11) is 2.07. The summed E-state index contributed by atoms with van der Waals surface area (Å²) in [6.45, 7) is 8.47. The molecule has 6 heteroatoms. The highest BCUT2D eigenvalue weighted by molar-refractivity contribution is 6.00. The Morgan fingerprint density at radius 1 is 0.900 bits per heavy atom. The number of ether oxygens (including phenoxy) is 2. The van der Waals surface area contributed by atoms with Crippen LogP contribution in [0.2, 0.25) is 0 Å². The Labute approximate surface area is 234 Å². The summed E-state index contributed by atoms with van der Waals surface area (Å²) in [6, 6.07) is 28.6. The lowest BCUT2D eigenvalue weighted by Gasteiger charge is -2.33. The number of aromatic nitrogens is 2. The number of aryl methyl sites for hydroxylation is 1. The largest absolute Gasteiger partial charge is 0.493 e. The first-order valence-corrected chi connectivity index (χ1v) is 13.9. The number of pyridine rings is 1. The van der Waals surface area contributed by atoms with Gasteiger partial charge in [-0.25, -0.2) is 9.78 Å². The van der Waals surface area contributed by atoms with E-state index in [1.807, 2.05) is 49.4 Å². The van der Waals surface area contributed by atoms with Gasteiger partial charge in [0.25, 0.3) is 0 Å². The van der Waals surface area contributed by atoms with Gasteiger partial charge < -0.3 is 18.9 Å². The number of anilines is 1. The molecule has 0 fully saturated rings. The molecule has 0 saturated heterocycles. The monoisotopic (exact) mass is 531 g/mol. The second-order valence-electron chi connectivity index (χ2n) is 9.92. The van der Waals surface area contributed by atoms with Crippen molar-refractivity contribution in [2.45, 2.75) is 26.4 Å². The summed E-state index contributed by atoms with van der Waals surface area (Å²) in [5, 5.41) is 1.00. The zero-order chi connectivity index (χ0) is 27.9. The number of fused-ring (bicyclic) bond motifs is 2. The van der Waals surface area contributed by atoms with Crippen LogP contribution >= 0.6 is 0 Å². The van der Waals surface area contributed by atoms with E-state index in [2.05, 4.69) is 77.8 Å². The Kier molecular flexibility index (Phi) is 6.54. The van der Waals surface area contributed by atoms with Crippen LogP contribution in [-0.2, 0) is 17.4 Å². The normalized spacial score (nSPS) is 16.1. The molecule has 1 atom stereocenters. The van der Waals surface area contributed by atoms with Crippen LogP contribution < -0.4 is 9.64 Å². The van der Waals surface area contributed by atoms with Crippen molar-refractivity contribution in [3.63, 3.8) is 0 Å². The topological polar surface area (TPSA) is 56.6 Å². The number of rotatable bonds is 8. The third kappa shape index (κ3) is 3.78. The molecule has 202 valence electrons. The molecule has 0 amide bonds. The SMILES string of the molecule is CCOc1cc(N(CC)CC)ccc1C1(c2c(-c3ccccc3)n(C)c3ccccc23)OC(=O)c2ncccc21. The molecular formula is C34H33N3O3. The number of cyclic esters (lactones) is 1. The van der Waals surface area contributed by atoms with Crippen LogP contribution in [0.15, 0.2) is 91.1 Å². The predicted molar refractivity (Wildman–Crippen MR) is 159 cm³/mol. The summed E-state index contributed by atoms with van der Waals surface area (Å²) in [5.74, 6) is 0.237. The molecule has 1 unspecified atom stereocenters. The fraction of sp³-hybridized carbons (Fsp3) is 0.235. The van der Waals surface area contributed by atoms with Crippen LogP contribution in [-0.4, -0.2) is 35.2 Å². The first kappa shape index (κ1) is 25.7. The standard InChI is InChI=1S/C34H33N3O3/c1-5-37(6-2)24-19-20-26(29(22-24)39-7-3)34(27-17-13-21-35-31(27)33(38)40-34)30-25-16-11-12-18-28(25)36(4)32(30)23-14-9-8-10-15-23/h8-22H,5-7H2,1-4H3. The summed E-state index contributed by atoms with van der Waals surface area (Å²) in [6.07, 6.45) is 1.64. The number of benzene rings is 3. The highest BCUT2D eigenvalue weighted by Gasteiger charge is 2.53. The lowest BCUT2D eigenvalue weighted by Crippen LogP contribution is -2.31. The Hall–Kier alpha value is -4.58. The molecule has 0 N–H and O–H groups in total. The number of para-hydroxylation sites is 1. The second kappa shape index (κ2) is 10.2. The van der Waals surface area contributed by atoms with Crippen LogP contribution in [0.5, 0.6) is 5.75 Å². The Balaban J connectivity index is 1.77. The summed E-state index contributed by atoms with van der Waals surface area (Å²) in [4.78, 5) is 20.4. The van der Waals surface area contributed by atoms with Gasteiger partial charge in [-0.05, 0) is 50.6 Å². The van der Waals surface area contributed by atoms with E-state index in [0.29, 0.717) is 23.6 Å². The summed E-state index contributed by atoms with van der Waals surface area (Å²) >= 11 is 0. The number of nitrogens with zero attached hydrogens (tertiary/aromatic N) is 3. The molecule has 6 nitrogen and oxygen atoms in total. The molecular weight excluding hydrogens is 498 g/mol. The Bertz CT molecular complexity index is 1700. The molecule has 5 aromatic rings. The summed E-state index contributed by atoms with van der Waals surface area (Å²) < 4.78 is 15.1. The van der Waals surface area contributed by atoms with Gasteiger partial charge in [0.2, 0.25) is 0 Å². The zero-order valence-corrected chi connectivity index (χ0v) is 23.3. The lowest BCUT2D eigenvalue weighted by atomic mass is 9.78. The minimum atomic E-state index is -1.28. The summed E-state index contributed by atoms with van der Waals surface area (Å²) in [5.41, 5.74) is 5.54. The van der Waals surface area contributed by atoms with Gasteiger partial charge in [-0.2, -0.15) is 0 Å². The Morgan fingerprint density at radius 3 is 2.40 bits per heavy atom. The molecule has 3 aromatic carbocycles. The van der Waals surface area contributed by atoms with Crippen molar-refractivity contribution in [3.8, 4) is 17.0 Å². The van der Waals surface area contributed by atoms with Gasteiger partial charge in [-0.3, -0.25) is 0 Å². The maximum Gasteiger partial charge on any atom is 0.358 e. The van der Waals surface area contributed by atoms with Crippen LogP contribution in [0.3, 0.4) is 0 Å². The van der Waals surface area contributed by atoms with Crippen LogP contribution in [0.25, 0.3) is 22.2 Å². The van der Waals surface area contributed by atoms with E-state index in [1.165, 1.54) is 0 Å². The smallest absolute Gasteiger partial charge is 0.358 e. The third-order valence-electron chi connectivity index (χ3n) is 7.91. The van der Waals surface area contributed by atoms with Crippen LogP contribution in [0.4, 0.5) is 5.69 Å². The van der Waals surface area contributed by atoms with Crippen LogP contribution in [0.1, 0.15) is 48.0 Å². The molecule has 0 aliphatic carbocycles. The minimum Gasteiger partial charge on any atom is -0.493 e. The van der Waals surface area contributed by atoms with Gasteiger partial charge in [-0.1, -0.05) is 54.6 Å². The van der Waals surface area contributed by atoms with Crippen molar-refractivity contribution in [2.24, 2.45) is 7.05 Å². The lowest BCUT2D eigenvalue weighted by molar-refractivity contribution is 0.0247. The molecule has 40 heavy (non-hydrogen) atoms. The van der Waals surface area contributed by atoms with E-state index >= 15 is 0 Å².